The summed E-state index contributed by atoms with van der Waals surface area (Å²) in [5.74, 6) is -1.00. The fourth-order valence-electron chi connectivity index (χ4n) is 3.28. The molecule has 0 bridgehead atoms. The topological polar surface area (TPSA) is 76.2 Å². The van der Waals surface area contributed by atoms with Gasteiger partial charge in [-0.05, 0) is 17.5 Å². The van der Waals surface area contributed by atoms with E-state index in [1.165, 1.54) is 11.3 Å². The van der Waals surface area contributed by atoms with Crippen LogP contribution in [0.5, 0.6) is 0 Å². The number of nitrogens with one attached hydrogen (secondary N) is 1. The third-order valence-electron chi connectivity index (χ3n) is 4.80. The molecule has 0 saturated heterocycles. The van der Waals surface area contributed by atoms with Crippen molar-refractivity contribution < 1.29 is 19.1 Å². The van der Waals surface area contributed by atoms with Gasteiger partial charge in [0.25, 0.3) is 0 Å². The molecule has 0 amide bonds. The Balaban J connectivity index is 1.54. The van der Waals surface area contributed by atoms with E-state index >= 15 is 0 Å². The standard InChI is InChI=1S/C24H19NO4S/c26-20(21-11-6-14-30-21)12-13-22(27)29-24(16-7-2-1-3-8-16)23(28)18-15-25-19-10-5-4-9-17(18)19/h1-11,14-15,24-25H,12-13H2/t24-/m1/s1. The largest absolute Gasteiger partial charge is 0.449 e. The van der Waals surface area contributed by atoms with Crippen LogP contribution in [-0.4, -0.2) is 22.5 Å². The fraction of sp³-hybridized carbons (Fsp3) is 0.125. The minimum Gasteiger partial charge on any atom is -0.449 e. The molecule has 2 aromatic carbocycles. The first-order valence-corrected chi connectivity index (χ1v) is 10.4. The maximum Gasteiger partial charge on any atom is 0.307 e. The predicted octanol–water partition coefficient (Wildman–Crippen LogP) is 5.36. The van der Waals surface area contributed by atoms with Crippen LogP contribution in [0.25, 0.3) is 10.9 Å². The summed E-state index contributed by atoms with van der Waals surface area (Å²) in [6, 6.07) is 19.9. The van der Waals surface area contributed by atoms with Gasteiger partial charge in [0.05, 0.1) is 11.3 Å². The quantitative estimate of drug-likeness (QED) is 0.309. The minimum atomic E-state index is -1.07. The van der Waals surface area contributed by atoms with E-state index in [0.717, 1.165) is 10.9 Å². The maximum atomic E-state index is 13.3. The van der Waals surface area contributed by atoms with E-state index < -0.39 is 12.1 Å². The van der Waals surface area contributed by atoms with Gasteiger partial charge in [0, 0.05) is 34.6 Å². The minimum absolute atomic E-state index is 0.0438. The Kier molecular flexibility index (Phi) is 5.86. The molecule has 0 aliphatic carbocycles. The number of hydrogen-bond acceptors (Lipinski definition) is 5. The van der Waals surface area contributed by atoms with E-state index in [4.69, 9.17) is 4.74 Å². The molecular formula is C24H19NO4S. The van der Waals surface area contributed by atoms with E-state index in [9.17, 15) is 14.4 Å². The Labute approximate surface area is 177 Å². The molecule has 0 aliphatic rings. The smallest absolute Gasteiger partial charge is 0.307 e. The van der Waals surface area contributed by atoms with E-state index in [-0.39, 0.29) is 24.4 Å². The number of ketones is 2. The van der Waals surface area contributed by atoms with Crippen LogP contribution in [0.1, 0.15) is 44.5 Å². The number of benzene rings is 2. The van der Waals surface area contributed by atoms with Gasteiger partial charge >= 0.3 is 5.97 Å². The number of para-hydroxylation sites is 1. The predicted molar refractivity (Wildman–Crippen MR) is 116 cm³/mol. The molecule has 0 spiro atoms. The van der Waals surface area contributed by atoms with E-state index in [0.29, 0.717) is 16.0 Å². The Hall–Kier alpha value is -3.51. The number of rotatable bonds is 8. The number of thiophene rings is 1. The zero-order valence-corrected chi connectivity index (χ0v) is 16.9. The first-order chi connectivity index (χ1) is 14.6. The number of carbonyl (C=O) groups is 3. The van der Waals surface area contributed by atoms with Gasteiger partial charge in [-0.3, -0.25) is 14.4 Å². The SMILES string of the molecule is O=C(CCC(=O)c1cccs1)O[C@@H](C(=O)c1c[nH]c2ccccc12)c1ccccc1. The molecule has 0 fully saturated rings. The number of H-pyrrole nitrogens is 1. The molecule has 0 radical (unpaired) electrons. The summed E-state index contributed by atoms with van der Waals surface area (Å²) in [5.41, 5.74) is 1.88. The Morgan fingerprint density at radius 1 is 0.900 bits per heavy atom. The number of esters is 1. The monoisotopic (exact) mass is 417 g/mol. The summed E-state index contributed by atoms with van der Waals surface area (Å²) in [6.45, 7) is 0. The van der Waals surface area contributed by atoms with E-state index in [1.54, 1.807) is 42.6 Å². The number of Topliss-reactive ketones (excluding diaryl/α,β-unsaturated/α-hetero) is 2. The maximum absolute atomic E-state index is 13.3. The zero-order valence-electron chi connectivity index (χ0n) is 16.0. The van der Waals surface area contributed by atoms with Crippen LogP contribution in [0.15, 0.2) is 78.3 Å². The second-order valence-electron chi connectivity index (χ2n) is 6.79. The lowest BCUT2D eigenvalue weighted by atomic mass is 9.99. The molecule has 6 heteroatoms. The molecule has 4 aromatic rings. The van der Waals surface area contributed by atoms with Crippen LogP contribution >= 0.6 is 11.3 Å². The van der Waals surface area contributed by atoms with Crippen molar-refractivity contribution in [1.82, 2.24) is 4.98 Å². The fourth-order valence-corrected chi connectivity index (χ4v) is 3.98. The average molecular weight is 417 g/mol. The van der Waals surface area contributed by atoms with Crippen molar-refractivity contribution in [3.63, 3.8) is 0 Å². The number of fused-ring (bicyclic) bond motifs is 1. The molecule has 2 aromatic heterocycles. The van der Waals surface area contributed by atoms with Crippen molar-refractivity contribution in [1.29, 1.82) is 0 Å². The molecule has 4 rings (SSSR count). The normalized spacial score (nSPS) is 11.9. The Morgan fingerprint density at radius 3 is 2.43 bits per heavy atom. The molecule has 0 aliphatic heterocycles. The summed E-state index contributed by atoms with van der Waals surface area (Å²) in [4.78, 5) is 41.7. The molecular weight excluding hydrogens is 398 g/mol. The highest BCUT2D eigenvalue weighted by Crippen LogP contribution is 2.27. The molecule has 2 heterocycles. The van der Waals surface area contributed by atoms with Crippen molar-refractivity contribution in [2.45, 2.75) is 18.9 Å². The first-order valence-electron chi connectivity index (χ1n) is 9.55. The van der Waals surface area contributed by atoms with Crippen molar-refractivity contribution in [3.8, 4) is 0 Å². The molecule has 150 valence electrons. The van der Waals surface area contributed by atoms with Crippen LogP contribution in [0.2, 0.25) is 0 Å². The van der Waals surface area contributed by atoms with Gasteiger partial charge < -0.3 is 9.72 Å². The highest BCUT2D eigenvalue weighted by molar-refractivity contribution is 7.12. The second-order valence-corrected chi connectivity index (χ2v) is 7.74. The lowest BCUT2D eigenvalue weighted by Crippen LogP contribution is -2.20. The van der Waals surface area contributed by atoms with Crippen molar-refractivity contribution >= 4 is 39.8 Å². The third-order valence-corrected chi connectivity index (χ3v) is 5.71. The van der Waals surface area contributed by atoms with Gasteiger partial charge in [0.2, 0.25) is 5.78 Å². The first kappa shape index (κ1) is 19.8. The summed E-state index contributed by atoms with van der Waals surface area (Å²) in [5, 5.41) is 2.59. The van der Waals surface area contributed by atoms with Crippen LogP contribution in [0.3, 0.4) is 0 Å². The molecule has 1 N–H and O–H groups in total. The number of aromatic amines is 1. The summed E-state index contributed by atoms with van der Waals surface area (Å²) in [7, 11) is 0. The van der Waals surface area contributed by atoms with Crippen LogP contribution in [0.4, 0.5) is 0 Å². The molecule has 0 unspecified atom stereocenters. The average Bonchev–Trinajstić information content (AvgIpc) is 3.46. The Morgan fingerprint density at radius 2 is 1.67 bits per heavy atom. The van der Waals surface area contributed by atoms with Crippen LogP contribution < -0.4 is 0 Å². The molecule has 0 saturated carbocycles. The van der Waals surface area contributed by atoms with Crippen LogP contribution in [0, 0.1) is 0 Å². The molecule has 30 heavy (non-hydrogen) atoms. The van der Waals surface area contributed by atoms with Crippen molar-refractivity contribution in [3.05, 3.63) is 94.3 Å². The summed E-state index contributed by atoms with van der Waals surface area (Å²) in [6.07, 6.45) is 0.523. The highest BCUT2D eigenvalue weighted by Gasteiger charge is 2.28. The summed E-state index contributed by atoms with van der Waals surface area (Å²) < 4.78 is 5.59. The van der Waals surface area contributed by atoms with E-state index in [2.05, 4.69) is 4.98 Å². The number of ether oxygens (including phenoxy) is 1. The number of carbonyl (C=O) groups excluding carboxylic acids is 3. The third kappa shape index (κ3) is 4.23. The lowest BCUT2D eigenvalue weighted by Gasteiger charge is -2.17. The number of hydrogen-bond donors (Lipinski definition) is 1. The van der Waals surface area contributed by atoms with Gasteiger partial charge in [-0.15, -0.1) is 11.3 Å². The summed E-state index contributed by atoms with van der Waals surface area (Å²) >= 11 is 1.34. The highest BCUT2D eigenvalue weighted by atomic mass is 32.1. The van der Waals surface area contributed by atoms with Gasteiger partial charge in [-0.2, -0.15) is 0 Å². The van der Waals surface area contributed by atoms with Gasteiger partial charge in [-0.25, -0.2) is 0 Å². The number of aromatic nitrogens is 1. The van der Waals surface area contributed by atoms with Crippen molar-refractivity contribution in [2.75, 3.05) is 0 Å². The molecule has 5 nitrogen and oxygen atoms in total. The van der Waals surface area contributed by atoms with Gasteiger partial charge in [0.1, 0.15) is 0 Å². The van der Waals surface area contributed by atoms with Crippen LogP contribution in [-0.2, 0) is 9.53 Å². The lowest BCUT2D eigenvalue weighted by molar-refractivity contribution is -0.147. The second kappa shape index (κ2) is 8.88. The Bertz CT molecular complexity index is 1180. The van der Waals surface area contributed by atoms with Gasteiger partial charge in [0.15, 0.2) is 11.9 Å². The zero-order chi connectivity index (χ0) is 20.9. The van der Waals surface area contributed by atoms with Gasteiger partial charge in [-0.1, -0.05) is 54.6 Å². The van der Waals surface area contributed by atoms with E-state index in [1.807, 2.05) is 35.7 Å². The van der Waals surface area contributed by atoms with Crippen molar-refractivity contribution in [2.24, 2.45) is 0 Å². The molecule has 1 atom stereocenters.